The van der Waals surface area contributed by atoms with Crippen molar-refractivity contribution >= 4 is 0 Å². The largest absolute Gasteiger partial charge is 0.364 e. The van der Waals surface area contributed by atoms with Crippen molar-refractivity contribution in [2.75, 3.05) is 0 Å². The maximum Gasteiger partial charge on any atom is 0.182 e. The summed E-state index contributed by atoms with van der Waals surface area (Å²) >= 11 is 0. The average Bonchev–Trinajstić information content (AvgIpc) is 2.44. The molecule has 1 aromatic carbocycles. The fourth-order valence-corrected chi connectivity index (χ4v) is 1.65. The standard InChI is InChI=1S/C10H12O2/c1-2-9-7-5-3-4-6-8(7)10(11)12-9/h3-6,9-11H,2H2,1H3/t9-,10-/m0/s1. The molecule has 0 aromatic heterocycles. The molecule has 1 N–H and O–H groups in total. The van der Waals surface area contributed by atoms with Crippen molar-refractivity contribution in [1.82, 2.24) is 0 Å². The van der Waals surface area contributed by atoms with Crippen LogP contribution < -0.4 is 0 Å². The predicted octanol–water partition coefficient (Wildman–Crippen LogP) is 2.16. The van der Waals surface area contributed by atoms with Crippen molar-refractivity contribution in [3.05, 3.63) is 35.4 Å². The van der Waals surface area contributed by atoms with Gasteiger partial charge in [-0.2, -0.15) is 0 Å². The van der Waals surface area contributed by atoms with E-state index in [1.165, 1.54) is 0 Å². The monoisotopic (exact) mass is 164 g/mol. The van der Waals surface area contributed by atoms with E-state index >= 15 is 0 Å². The molecule has 0 aliphatic carbocycles. The molecule has 0 saturated heterocycles. The van der Waals surface area contributed by atoms with E-state index in [1.54, 1.807) is 0 Å². The molecule has 12 heavy (non-hydrogen) atoms. The van der Waals surface area contributed by atoms with Crippen LogP contribution in [0.15, 0.2) is 24.3 Å². The quantitative estimate of drug-likeness (QED) is 0.689. The van der Waals surface area contributed by atoms with Crippen molar-refractivity contribution < 1.29 is 9.84 Å². The van der Waals surface area contributed by atoms with E-state index < -0.39 is 6.29 Å². The molecule has 0 fully saturated rings. The summed E-state index contributed by atoms with van der Waals surface area (Å²) in [4.78, 5) is 0. The lowest BCUT2D eigenvalue weighted by atomic mass is 10.0. The highest BCUT2D eigenvalue weighted by atomic mass is 16.6. The molecule has 0 radical (unpaired) electrons. The zero-order valence-corrected chi connectivity index (χ0v) is 7.03. The van der Waals surface area contributed by atoms with Gasteiger partial charge >= 0.3 is 0 Å². The topological polar surface area (TPSA) is 29.5 Å². The maximum absolute atomic E-state index is 9.46. The molecule has 2 nitrogen and oxygen atoms in total. The molecule has 0 unspecified atom stereocenters. The molecule has 0 bridgehead atoms. The molecule has 1 aromatic rings. The molecule has 2 atom stereocenters. The molecule has 0 saturated carbocycles. The van der Waals surface area contributed by atoms with Gasteiger partial charge in [-0.3, -0.25) is 0 Å². The van der Waals surface area contributed by atoms with Crippen molar-refractivity contribution in [3.8, 4) is 0 Å². The first-order chi connectivity index (χ1) is 5.83. The van der Waals surface area contributed by atoms with Gasteiger partial charge in [-0.25, -0.2) is 0 Å². The van der Waals surface area contributed by atoms with Gasteiger partial charge in [0.05, 0.1) is 6.10 Å². The van der Waals surface area contributed by atoms with Crippen LogP contribution in [0.4, 0.5) is 0 Å². The number of rotatable bonds is 1. The van der Waals surface area contributed by atoms with Crippen molar-refractivity contribution in [3.63, 3.8) is 0 Å². The van der Waals surface area contributed by atoms with Crippen molar-refractivity contribution in [2.24, 2.45) is 0 Å². The first-order valence-electron chi connectivity index (χ1n) is 4.25. The lowest BCUT2D eigenvalue weighted by molar-refractivity contribution is -0.121. The van der Waals surface area contributed by atoms with Gasteiger partial charge in [-0.1, -0.05) is 31.2 Å². The van der Waals surface area contributed by atoms with Crippen LogP contribution in [-0.4, -0.2) is 5.11 Å². The van der Waals surface area contributed by atoms with Gasteiger partial charge in [-0.15, -0.1) is 0 Å². The molecule has 1 heterocycles. The van der Waals surface area contributed by atoms with Gasteiger partial charge in [0.25, 0.3) is 0 Å². The Hall–Kier alpha value is -0.860. The zero-order valence-electron chi connectivity index (χ0n) is 7.03. The van der Waals surface area contributed by atoms with Crippen LogP contribution in [0, 0.1) is 0 Å². The van der Waals surface area contributed by atoms with E-state index in [4.69, 9.17) is 4.74 Å². The first kappa shape index (κ1) is 7.77. The van der Waals surface area contributed by atoms with Crippen LogP contribution in [0.1, 0.15) is 36.9 Å². The van der Waals surface area contributed by atoms with E-state index in [9.17, 15) is 5.11 Å². The van der Waals surface area contributed by atoms with E-state index in [-0.39, 0.29) is 6.10 Å². The zero-order chi connectivity index (χ0) is 8.55. The van der Waals surface area contributed by atoms with Gasteiger partial charge < -0.3 is 9.84 Å². The van der Waals surface area contributed by atoms with Crippen LogP contribution in [0.5, 0.6) is 0 Å². The Morgan fingerprint density at radius 1 is 1.33 bits per heavy atom. The minimum absolute atomic E-state index is 0.0798. The third-order valence-electron chi connectivity index (χ3n) is 2.27. The number of ether oxygens (including phenoxy) is 1. The Morgan fingerprint density at radius 3 is 2.67 bits per heavy atom. The smallest absolute Gasteiger partial charge is 0.182 e. The minimum atomic E-state index is -0.717. The number of fused-ring (bicyclic) bond motifs is 1. The summed E-state index contributed by atoms with van der Waals surface area (Å²) in [5.41, 5.74) is 2.05. The summed E-state index contributed by atoms with van der Waals surface area (Å²) in [7, 11) is 0. The van der Waals surface area contributed by atoms with Crippen LogP contribution in [0.2, 0.25) is 0 Å². The third-order valence-corrected chi connectivity index (χ3v) is 2.27. The second-order valence-corrected chi connectivity index (χ2v) is 3.01. The Morgan fingerprint density at radius 2 is 2.00 bits per heavy atom. The fourth-order valence-electron chi connectivity index (χ4n) is 1.65. The highest BCUT2D eigenvalue weighted by molar-refractivity contribution is 5.32. The van der Waals surface area contributed by atoms with Crippen LogP contribution in [0.3, 0.4) is 0 Å². The number of benzene rings is 1. The predicted molar refractivity (Wildman–Crippen MR) is 45.5 cm³/mol. The summed E-state index contributed by atoms with van der Waals surface area (Å²) in [5, 5.41) is 9.46. The Labute approximate surface area is 71.8 Å². The summed E-state index contributed by atoms with van der Waals surface area (Å²) in [6.07, 6.45) is 0.274. The van der Waals surface area contributed by atoms with Gasteiger partial charge in [0.1, 0.15) is 0 Å². The van der Waals surface area contributed by atoms with Crippen molar-refractivity contribution in [2.45, 2.75) is 25.7 Å². The first-order valence-corrected chi connectivity index (χ1v) is 4.25. The minimum Gasteiger partial charge on any atom is -0.364 e. The summed E-state index contributed by atoms with van der Waals surface area (Å²) < 4.78 is 5.34. The number of aliphatic hydroxyl groups excluding tert-OH is 1. The van der Waals surface area contributed by atoms with Crippen LogP contribution in [-0.2, 0) is 4.74 Å². The van der Waals surface area contributed by atoms with Gasteiger partial charge in [0.15, 0.2) is 6.29 Å². The lowest BCUT2D eigenvalue weighted by Crippen LogP contribution is -1.95. The van der Waals surface area contributed by atoms with E-state index in [0.29, 0.717) is 0 Å². The Kier molecular flexibility index (Phi) is 1.87. The number of hydrogen-bond acceptors (Lipinski definition) is 2. The van der Waals surface area contributed by atoms with Gasteiger partial charge in [-0.05, 0) is 12.0 Å². The van der Waals surface area contributed by atoms with Crippen LogP contribution in [0.25, 0.3) is 0 Å². The Bertz CT molecular complexity index is 283. The molecule has 2 rings (SSSR count). The fraction of sp³-hybridized carbons (Fsp3) is 0.400. The normalized spacial score (nSPS) is 27.2. The molecule has 0 spiro atoms. The molecule has 64 valence electrons. The average molecular weight is 164 g/mol. The molecular weight excluding hydrogens is 152 g/mol. The molecule has 1 aliphatic heterocycles. The third kappa shape index (κ3) is 1.04. The molecular formula is C10H12O2. The number of hydrogen-bond donors (Lipinski definition) is 1. The van der Waals surface area contributed by atoms with Gasteiger partial charge in [0.2, 0.25) is 0 Å². The molecule has 0 amide bonds. The second kappa shape index (κ2) is 2.88. The van der Waals surface area contributed by atoms with E-state index in [1.807, 2.05) is 24.3 Å². The second-order valence-electron chi connectivity index (χ2n) is 3.01. The Balaban J connectivity index is 2.43. The maximum atomic E-state index is 9.46. The summed E-state index contributed by atoms with van der Waals surface area (Å²) in [5.74, 6) is 0. The highest BCUT2D eigenvalue weighted by Crippen LogP contribution is 2.38. The van der Waals surface area contributed by atoms with E-state index in [2.05, 4.69) is 6.92 Å². The van der Waals surface area contributed by atoms with E-state index in [0.717, 1.165) is 17.5 Å². The van der Waals surface area contributed by atoms with Gasteiger partial charge in [0, 0.05) is 5.56 Å². The molecule has 1 aliphatic rings. The number of aliphatic hydroxyl groups is 1. The molecule has 2 heteroatoms. The summed E-state index contributed by atoms with van der Waals surface area (Å²) in [6, 6.07) is 7.82. The summed E-state index contributed by atoms with van der Waals surface area (Å²) in [6.45, 7) is 2.06. The highest BCUT2D eigenvalue weighted by Gasteiger charge is 2.28. The van der Waals surface area contributed by atoms with Crippen LogP contribution >= 0.6 is 0 Å². The lowest BCUT2D eigenvalue weighted by Gasteiger charge is -2.06. The van der Waals surface area contributed by atoms with Crippen molar-refractivity contribution in [1.29, 1.82) is 0 Å². The SMILES string of the molecule is CC[C@@H]1O[C@H](O)c2ccccc21.